The third-order valence-electron chi connectivity index (χ3n) is 3.10. The first kappa shape index (κ1) is 15.7. The molecule has 0 aromatic carbocycles. The Labute approximate surface area is 112 Å². The molecule has 0 aliphatic rings. The number of carbonyl (C=O) groups is 1. The molecule has 108 valence electrons. The van der Waals surface area contributed by atoms with Crippen LogP contribution in [0.15, 0.2) is 10.5 Å². The van der Waals surface area contributed by atoms with Crippen molar-refractivity contribution in [3.8, 4) is 0 Å². The Morgan fingerprint density at radius 3 is 2.47 bits per heavy atom. The normalized spacial score (nSPS) is 12.6. The summed E-state index contributed by atoms with van der Waals surface area (Å²) < 4.78 is 27.2. The van der Waals surface area contributed by atoms with Crippen LogP contribution in [0, 0.1) is 6.92 Å². The summed E-state index contributed by atoms with van der Waals surface area (Å²) in [6, 6.07) is 1.44. The molecule has 0 atom stereocenters. The fourth-order valence-corrected chi connectivity index (χ4v) is 1.79. The summed E-state index contributed by atoms with van der Waals surface area (Å²) in [7, 11) is -3.16. The maximum absolute atomic E-state index is 11.5. The fourth-order valence-electron chi connectivity index (χ4n) is 1.43. The molecular weight excluding hydrogens is 270 g/mol. The van der Waals surface area contributed by atoms with Gasteiger partial charge in [-0.15, -0.1) is 0 Å². The van der Waals surface area contributed by atoms with Gasteiger partial charge in [-0.3, -0.25) is 0 Å². The monoisotopic (exact) mass is 289 g/mol. The average Bonchev–Trinajstić information content (AvgIpc) is 2.58. The second-order valence-electron chi connectivity index (χ2n) is 5.13. The SMILES string of the molecule is Cc1oc(C(=O)O)cc1CNCC(C)(C)S(C)(=O)=O. The Bertz CT molecular complexity index is 571. The van der Waals surface area contributed by atoms with Crippen LogP contribution in [0.1, 0.15) is 35.7 Å². The van der Waals surface area contributed by atoms with E-state index >= 15 is 0 Å². The molecular formula is C12H19NO5S. The zero-order valence-electron chi connectivity index (χ0n) is 11.5. The number of carboxylic acid groups (broad SMARTS) is 1. The molecule has 0 amide bonds. The minimum atomic E-state index is -3.16. The lowest BCUT2D eigenvalue weighted by Crippen LogP contribution is -2.41. The van der Waals surface area contributed by atoms with E-state index in [-0.39, 0.29) is 12.3 Å². The van der Waals surface area contributed by atoms with E-state index < -0.39 is 20.6 Å². The van der Waals surface area contributed by atoms with Crippen molar-refractivity contribution in [2.75, 3.05) is 12.8 Å². The molecule has 0 saturated carbocycles. The molecule has 0 spiro atoms. The van der Waals surface area contributed by atoms with Crippen molar-refractivity contribution >= 4 is 15.8 Å². The molecule has 1 aromatic heterocycles. The van der Waals surface area contributed by atoms with Gasteiger partial charge in [-0.2, -0.15) is 0 Å². The Balaban J connectivity index is 2.66. The van der Waals surface area contributed by atoms with E-state index in [1.165, 1.54) is 12.3 Å². The van der Waals surface area contributed by atoms with Gasteiger partial charge in [0.2, 0.25) is 5.76 Å². The fraction of sp³-hybridized carbons (Fsp3) is 0.583. The molecule has 1 aromatic rings. The molecule has 0 radical (unpaired) electrons. The molecule has 0 unspecified atom stereocenters. The van der Waals surface area contributed by atoms with E-state index in [0.29, 0.717) is 17.9 Å². The van der Waals surface area contributed by atoms with Crippen LogP contribution >= 0.6 is 0 Å². The molecule has 0 bridgehead atoms. The van der Waals surface area contributed by atoms with Crippen LogP contribution in [0.2, 0.25) is 0 Å². The Kier molecular flexibility index (Phi) is 4.42. The number of hydrogen-bond acceptors (Lipinski definition) is 5. The van der Waals surface area contributed by atoms with Crippen LogP contribution in [-0.2, 0) is 16.4 Å². The van der Waals surface area contributed by atoms with E-state index in [2.05, 4.69) is 5.32 Å². The maximum atomic E-state index is 11.5. The van der Waals surface area contributed by atoms with Crippen molar-refractivity contribution in [3.05, 3.63) is 23.2 Å². The van der Waals surface area contributed by atoms with Crippen molar-refractivity contribution in [1.29, 1.82) is 0 Å². The van der Waals surface area contributed by atoms with Crippen molar-refractivity contribution in [2.24, 2.45) is 0 Å². The lowest BCUT2D eigenvalue weighted by atomic mass is 10.2. The van der Waals surface area contributed by atoms with Gasteiger partial charge in [0.1, 0.15) is 5.76 Å². The second-order valence-corrected chi connectivity index (χ2v) is 7.78. The van der Waals surface area contributed by atoms with Gasteiger partial charge >= 0.3 is 5.97 Å². The van der Waals surface area contributed by atoms with Crippen LogP contribution in [0.4, 0.5) is 0 Å². The zero-order chi connectivity index (χ0) is 14.8. The highest BCUT2D eigenvalue weighted by atomic mass is 32.2. The minimum absolute atomic E-state index is 0.114. The zero-order valence-corrected chi connectivity index (χ0v) is 12.3. The van der Waals surface area contributed by atoms with Gasteiger partial charge in [-0.1, -0.05) is 0 Å². The molecule has 6 nitrogen and oxygen atoms in total. The number of rotatable bonds is 6. The summed E-state index contributed by atoms with van der Waals surface area (Å²) in [5.74, 6) is -0.718. The average molecular weight is 289 g/mol. The maximum Gasteiger partial charge on any atom is 0.371 e. The van der Waals surface area contributed by atoms with Gasteiger partial charge < -0.3 is 14.8 Å². The number of nitrogens with one attached hydrogen (secondary N) is 1. The van der Waals surface area contributed by atoms with Crippen molar-refractivity contribution in [1.82, 2.24) is 5.32 Å². The van der Waals surface area contributed by atoms with Crippen LogP contribution < -0.4 is 5.32 Å². The number of sulfone groups is 1. The van der Waals surface area contributed by atoms with Gasteiger partial charge in [0.15, 0.2) is 9.84 Å². The van der Waals surface area contributed by atoms with Crippen LogP contribution in [0.25, 0.3) is 0 Å². The Hall–Kier alpha value is -1.34. The summed E-state index contributed by atoms with van der Waals surface area (Å²) >= 11 is 0. The van der Waals surface area contributed by atoms with Gasteiger partial charge in [0.25, 0.3) is 0 Å². The summed E-state index contributed by atoms with van der Waals surface area (Å²) in [6.07, 6.45) is 1.19. The van der Waals surface area contributed by atoms with E-state index in [9.17, 15) is 13.2 Å². The Morgan fingerprint density at radius 2 is 2.05 bits per heavy atom. The van der Waals surface area contributed by atoms with Gasteiger partial charge in [0, 0.05) is 24.9 Å². The first-order valence-corrected chi connectivity index (χ1v) is 7.66. The van der Waals surface area contributed by atoms with Crippen LogP contribution in [-0.4, -0.2) is 37.0 Å². The lowest BCUT2D eigenvalue weighted by Gasteiger charge is -2.22. The number of hydrogen-bond donors (Lipinski definition) is 2. The van der Waals surface area contributed by atoms with E-state index in [1.807, 2.05) is 0 Å². The van der Waals surface area contributed by atoms with Crippen molar-refractivity contribution in [3.63, 3.8) is 0 Å². The second kappa shape index (κ2) is 5.34. The lowest BCUT2D eigenvalue weighted by molar-refractivity contribution is 0.0661. The minimum Gasteiger partial charge on any atom is -0.475 e. The van der Waals surface area contributed by atoms with Gasteiger partial charge in [0.05, 0.1) is 4.75 Å². The number of aryl methyl sites for hydroxylation is 1. The molecule has 0 aliphatic heterocycles. The van der Waals surface area contributed by atoms with Crippen LogP contribution in [0.3, 0.4) is 0 Å². The highest BCUT2D eigenvalue weighted by Gasteiger charge is 2.29. The van der Waals surface area contributed by atoms with Crippen molar-refractivity contribution < 1.29 is 22.7 Å². The molecule has 0 saturated heterocycles. The molecule has 19 heavy (non-hydrogen) atoms. The molecule has 2 N–H and O–H groups in total. The van der Waals surface area contributed by atoms with E-state index in [0.717, 1.165) is 0 Å². The number of furan rings is 1. The molecule has 1 rings (SSSR count). The molecule has 0 aliphatic carbocycles. The summed E-state index contributed by atoms with van der Waals surface area (Å²) in [6.45, 7) is 5.59. The van der Waals surface area contributed by atoms with Crippen molar-refractivity contribution in [2.45, 2.75) is 32.1 Å². The summed E-state index contributed by atoms with van der Waals surface area (Å²) in [5, 5.41) is 11.8. The number of carboxylic acids is 1. The third kappa shape index (κ3) is 3.81. The largest absolute Gasteiger partial charge is 0.475 e. The first-order valence-electron chi connectivity index (χ1n) is 5.77. The predicted molar refractivity (Wildman–Crippen MR) is 71.0 cm³/mol. The van der Waals surface area contributed by atoms with E-state index in [4.69, 9.17) is 9.52 Å². The molecule has 1 heterocycles. The predicted octanol–water partition coefficient (Wildman–Crippen LogP) is 1.20. The number of aromatic carboxylic acids is 1. The van der Waals surface area contributed by atoms with Crippen LogP contribution in [0.5, 0.6) is 0 Å². The quantitative estimate of drug-likeness (QED) is 0.816. The topological polar surface area (TPSA) is 96.6 Å². The third-order valence-corrected chi connectivity index (χ3v) is 5.25. The van der Waals surface area contributed by atoms with Gasteiger partial charge in [-0.05, 0) is 26.8 Å². The first-order chi connectivity index (χ1) is 8.54. The highest BCUT2D eigenvalue weighted by molar-refractivity contribution is 7.92. The smallest absolute Gasteiger partial charge is 0.371 e. The molecule has 7 heteroatoms. The van der Waals surface area contributed by atoms with Gasteiger partial charge in [-0.25, -0.2) is 13.2 Å². The summed E-state index contributed by atoms with van der Waals surface area (Å²) in [5.41, 5.74) is 0.710. The van der Waals surface area contributed by atoms with E-state index in [1.54, 1.807) is 20.8 Å². The highest BCUT2D eigenvalue weighted by Crippen LogP contribution is 2.16. The summed E-state index contributed by atoms with van der Waals surface area (Å²) in [4.78, 5) is 10.7. The molecule has 0 fully saturated rings. The standard InChI is InChI=1S/C12H19NO5S/c1-8-9(5-10(18-8)11(14)15)6-13-7-12(2,3)19(4,16)17/h5,13H,6-7H2,1-4H3,(H,14,15). The Morgan fingerprint density at radius 1 is 1.47 bits per heavy atom.